The number of unbranched alkanes of at least 4 members (excludes halogenated alkanes) is 2. The Labute approximate surface area is 136 Å². The van der Waals surface area contributed by atoms with Gasteiger partial charge in [-0.15, -0.1) is 0 Å². The van der Waals surface area contributed by atoms with Gasteiger partial charge in [0.2, 0.25) is 0 Å². The van der Waals surface area contributed by atoms with Crippen molar-refractivity contribution in [1.29, 1.82) is 0 Å². The van der Waals surface area contributed by atoms with Crippen molar-refractivity contribution in [1.82, 2.24) is 9.97 Å². The van der Waals surface area contributed by atoms with Crippen LogP contribution in [-0.2, 0) is 0 Å². The lowest BCUT2D eigenvalue weighted by atomic mass is 10.2. The quantitative estimate of drug-likeness (QED) is 0.761. The van der Waals surface area contributed by atoms with E-state index in [0.717, 1.165) is 41.8 Å². The third-order valence-corrected chi connectivity index (χ3v) is 3.57. The average Bonchev–Trinajstić information content (AvgIpc) is 2.59. The third kappa shape index (κ3) is 4.25. The predicted molar refractivity (Wildman–Crippen MR) is 90.8 cm³/mol. The zero-order valence-corrected chi connectivity index (χ0v) is 13.3. The molecule has 0 aliphatic carbocycles. The van der Waals surface area contributed by atoms with Crippen LogP contribution < -0.4 is 20.1 Å². The largest absolute Gasteiger partial charge is 0.486 e. The summed E-state index contributed by atoms with van der Waals surface area (Å²) in [6.07, 6.45) is 5.14. The van der Waals surface area contributed by atoms with Crippen LogP contribution >= 0.6 is 0 Å². The Bertz CT molecular complexity index is 648. The molecule has 2 aromatic rings. The minimum atomic E-state index is 0.579. The highest BCUT2D eigenvalue weighted by Gasteiger charge is 2.12. The molecule has 0 atom stereocenters. The minimum Gasteiger partial charge on any atom is -0.486 e. The van der Waals surface area contributed by atoms with Crippen LogP contribution in [0.15, 0.2) is 30.6 Å². The Balaban J connectivity index is 1.63. The number of hydrogen-bond acceptors (Lipinski definition) is 6. The molecule has 1 aromatic heterocycles. The van der Waals surface area contributed by atoms with Gasteiger partial charge in [0, 0.05) is 24.4 Å². The molecule has 0 fully saturated rings. The molecule has 122 valence electrons. The summed E-state index contributed by atoms with van der Waals surface area (Å²) >= 11 is 0. The van der Waals surface area contributed by atoms with E-state index >= 15 is 0 Å². The summed E-state index contributed by atoms with van der Waals surface area (Å²) in [5.41, 5.74) is 0.907. The lowest BCUT2D eigenvalue weighted by Crippen LogP contribution is -2.15. The maximum Gasteiger partial charge on any atom is 0.163 e. The van der Waals surface area contributed by atoms with Crippen LogP contribution in [0.5, 0.6) is 11.5 Å². The number of aromatic nitrogens is 2. The standard InChI is InChI=1S/C17H22N4O2/c1-2-3-4-7-18-16-11-17(20-12-19-16)21-13-5-6-14-15(10-13)23-9-8-22-14/h5-6,10-12H,2-4,7-9H2,1H3,(H2,18,19,20,21). The molecule has 1 aliphatic heterocycles. The molecule has 3 rings (SSSR count). The second-order valence-corrected chi connectivity index (χ2v) is 5.41. The zero-order chi connectivity index (χ0) is 15.9. The molecule has 1 aromatic carbocycles. The highest BCUT2D eigenvalue weighted by Crippen LogP contribution is 2.33. The molecule has 0 radical (unpaired) electrons. The number of nitrogens with one attached hydrogen (secondary N) is 2. The van der Waals surface area contributed by atoms with Gasteiger partial charge in [0.1, 0.15) is 31.2 Å². The lowest BCUT2D eigenvalue weighted by Gasteiger charge is -2.19. The number of ether oxygens (including phenoxy) is 2. The van der Waals surface area contributed by atoms with Gasteiger partial charge in [-0.05, 0) is 18.6 Å². The summed E-state index contributed by atoms with van der Waals surface area (Å²) in [4.78, 5) is 8.50. The van der Waals surface area contributed by atoms with Gasteiger partial charge in [-0.2, -0.15) is 0 Å². The van der Waals surface area contributed by atoms with Crippen LogP contribution in [0.1, 0.15) is 26.2 Å². The first-order valence-electron chi connectivity index (χ1n) is 8.08. The fourth-order valence-corrected chi connectivity index (χ4v) is 2.38. The van der Waals surface area contributed by atoms with E-state index in [9.17, 15) is 0 Å². The first kappa shape index (κ1) is 15.4. The lowest BCUT2D eigenvalue weighted by molar-refractivity contribution is 0.171. The van der Waals surface area contributed by atoms with Gasteiger partial charge in [0.05, 0.1) is 0 Å². The molecule has 0 bridgehead atoms. The molecule has 23 heavy (non-hydrogen) atoms. The van der Waals surface area contributed by atoms with Crippen molar-refractivity contribution in [2.24, 2.45) is 0 Å². The Morgan fingerprint density at radius 3 is 2.70 bits per heavy atom. The van der Waals surface area contributed by atoms with E-state index in [1.54, 1.807) is 6.33 Å². The molecule has 0 spiro atoms. The van der Waals surface area contributed by atoms with Crippen LogP contribution in [0.3, 0.4) is 0 Å². The highest BCUT2D eigenvalue weighted by atomic mass is 16.6. The van der Waals surface area contributed by atoms with Crippen LogP contribution in [0.4, 0.5) is 17.3 Å². The van der Waals surface area contributed by atoms with Gasteiger partial charge >= 0.3 is 0 Å². The van der Waals surface area contributed by atoms with Gasteiger partial charge < -0.3 is 20.1 Å². The maximum atomic E-state index is 5.59. The predicted octanol–water partition coefficient (Wildman–Crippen LogP) is 3.59. The van der Waals surface area contributed by atoms with E-state index in [1.807, 2.05) is 24.3 Å². The maximum absolute atomic E-state index is 5.59. The normalized spacial score (nSPS) is 12.7. The van der Waals surface area contributed by atoms with Crippen molar-refractivity contribution in [2.45, 2.75) is 26.2 Å². The number of nitrogens with zero attached hydrogens (tertiary/aromatic N) is 2. The van der Waals surface area contributed by atoms with Crippen molar-refractivity contribution < 1.29 is 9.47 Å². The Morgan fingerprint density at radius 1 is 1.00 bits per heavy atom. The number of anilines is 3. The first-order valence-corrected chi connectivity index (χ1v) is 8.08. The second-order valence-electron chi connectivity index (χ2n) is 5.41. The number of benzene rings is 1. The highest BCUT2D eigenvalue weighted by molar-refractivity contribution is 5.63. The molecule has 2 N–H and O–H groups in total. The molecule has 2 heterocycles. The van der Waals surface area contributed by atoms with E-state index < -0.39 is 0 Å². The Hall–Kier alpha value is -2.50. The van der Waals surface area contributed by atoms with E-state index in [4.69, 9.17) is 9.47 Å². The number of hydrogen-bond donors (Lipinski definition) is 2. The van der Waals surface area contributed by atoms with Crippen molar-refractivity contribution in [3.05, 3.63) is 30.6 Å². The van der Waals surface area contributed by atoms with E-state index in [2.05, 4.69) is 27.5 Å². The number of rotatable bonds is 7. The minimum absolute atomic E-state index is 0.579. The SMILES string of the molecule is CCCCCNc1cc(Nc2ccc3c(c2)OCCO3)ncn1. The fraction of sp³-hybridized carbons (Fsp3) is 0.412. The molecular formula is C17H22N4O2. The van der Waals surface area contributed by atoms with Gasteiger partial charge in [0.25, 0.3) is 0 Å². The van der Waals surface area contributed by atoms with E-state index in [1.165, 1.54) is 12.8 Å². The molecule has 0 amide bonds. The molecular weight excluding hydrogens is 292 g/mol. The fourth-order valence-electron chi connectivity index (χ4n) is 2.38. The van der Waals surface area contributed by atoms with Crippen LogP contribution in [0.2, 0.25) is 0 Å². The van der Waals surface area contributed by atoms with Crippen LogP contribution in [0.25, 0.3) is 0 Å². The topological polar surface area (TPSA) is 68.3 Å². The van der Waals surface area contributed by atoms with Gasteiger partial charge in [-0.3, -0.25) is 0 Å². The van der Waals surface area contributed by atoms with E-state index in [-0.39, 0.29) is 0 Å². The summed E-state index contributed by atoms with van der Waals surface area (Å²) in [6, 6.07) is 7.68. The molecule has 0 unspecified atom stereocenters. The Kier molecular flexibility index (Phi) is 5.13. The third-order valence-electron chi connectivity index (χ3n) is 3.57. The second kappa shape index (κ2) is 7.67. The summed E-state index contributed by atoms with van der Waals surface area (Å²) in [6.45, 7) is 4.29. The number of fused-ring (bicyclic) bond motifs is 1. The van der Waals surface area contributed by atoms with Crippen molar-refractivity contribution in [3.8, 4) is 11.5 Å². The van der Waals surface area contributed by atoms with Crippen LogP contribution in [0, 0.1) is 0 Å². The van der Waals surface area contributed by atoms with E-state index in [0.29, 0.717) is 13.2 Å². The monoisotopic (exact) mass is 314 g/mol. The molecule has 1 aliphatic rings. The smallest absolute Gasteiger partial charge is 0.163 e. The Morgan fingerprint density at radius 2 is 1.83 bits per heavy atom. The van der Waals surface area contributed by atoms with Gasteiger partial charge in [0.15, 0.2) is 11.5 Å². The summed E-state index contributed by atoms with van der Waals surface area (Å²) in [5.74, 6) is 3.11. The molecule has 0 saturated carbocycles. The van der Waals surface area contributed by atoms with Crippen molar-refractivity contribution >= 4 is 17.3 Å². The molecule has 6 heteroatoms. The first-order chi connectivity index (χ1) is 11.3. The average molecular weight is 314 g/mol. The van der Waals surface area contributed by atoms with Crippen molar-refractivity contribution in [3.63, 3.8) is 0 Å². The summed E-state index contributed by atoms with van der Waals surface area (Å²) < 4.78 is 11.1. The van der Waals surface area contributed by atoms with Gasteiger partial charge in [-0.25, -0.2) is 9.97 Å². The van der Waals surface area contributed by atoms with Gasteiger partial charge in [-0.1, -0.05) is 19.8 Å². The summed E-state index contributed by atoms with van der Waals surface area (Å²) in [5, 5.41) is 6.59. The zero-order valence-electron chi connectivity index (χ0n) is 13.3. The molecule has 6 nitrogen and oxygen atoms in total. The van der Waals surface area contributed by atoms with Crippen molar-refractivity contribution in [2.75, 3.05) is 30.4 Å². The summed E-state index contributed by atoms with van der Waals surface area (Å²) in [7, 11) is 0. The molecule has 0 saturated heterocycles. The van der Waals surface area contributed by atoms with Crippen LogP contribution in [-0.4, -0.2) is 29.7 Å².